The van der Waals surface area contributed by atoms with Gasteiger partial charge in [-0.2, -0.15) is 0 Å². The van der Waals surface area contributed by atoms with Crippen LogP contribution in [0.15, 0.2) is 0 Å². The second kappa shape index (κ2) is 20.4. The summed E-state index contributed by atoms with van der Waals surface area (Å²) in [6, 6.07) is 0. The molecule has 0 radical (unpaired) electrons. The summed E-state index contributed by atoms with van der Waals surface area (Å²) in [5, 5.41) is 6.47. The number of ether oxygens (including phenoxy) is 2. The Kier molecular flexibility index (Phi) is 18.6. The first-order valence-corrected chi connectivity index (χ1v) is 16.1. The van der Waals surface area contributed by atoms with Crippen LogP contribution in [0.4, 0.5) is 9.59 Å². The van der Waals surface area contributed by atoms with Gasteiger partial charge in [-0.05, 0) is 86.2 Å². The minimum atomic E-state index is -0.534. The Hall–Kier alpha value is -1.50. The molecule has 0 aromatic rings. The maximum atomic E-state index is 12.8. The molecule has 7 heteroatoms. The van der Waals surface area contributed by atoms with E-state index >= 15 is 0 Å². The van der Waals surface area contributed by atoms with Crippen molar-refractivity contribution in [3.8, 4) is 0 Å². The van der Waals surface area contributed by atoms with Crippen LogP contribution in [0.5, 0.6) is 0 Å². The van der Waals surface area contributed by atoms with E-state index in [1.165, 1.54) is 89.9 Å². The molecule has 0 aliphatic heterocycles. The number of rotatable bonds is 10. The molecule has 1 aliphatic carbocycles. The summed E-state index contributed by atoms with van der Waals surface area (Å²) in [6.45, 7) is 14.8. The molecule has 1 rings (SSSR count). The van der Waals surface area contributed by atoms with Gasteiger partial charge in [0, 0.05) is 19.6 Å². The number of carbonyl (C=O) groups excluding carboxylic acids is 2. The number of alkyl carbamates (subject to hydrolysis) is 1. The largest absolute Gasteiger partial charge is 0.444 e. The number of carbonyl (C=O) groups is 2. The summed E-state index contributed by atoms with van der Waals surface area (Å²) >= 11 is 0. The summed E-state index contributed by atoms with van der Waals surface area (Å²) < 4.78 is 10.9. The van der Waals surface area contributed by atoms with Crippen LogP contribution in [-0.2, 0) is 9.47 Å². The van der Waals surface area contributed by atoms with Gasteiger partial charge >= 0.3 is 12.2 Å². The van der Waals surface area contributed by atoms with Crippen molar-refractivity contribution in [1.29, 1.82) is 0 Å². The topological polar surface area (TPSA) is 79.9 Å². The highest BCUT2D eigenvalue weighted by molar-refractivity contribution is 5.68. The fraction of sp³-hybridized carbons (Fsp3) is 0.938. The first kappa shape index (κ1) is 35.5. The molecule has 0 heterocycles. The van der Waals surface area contributed by atoms with Gasteiger partial charge in [-0.25, -0.2) is 9.59 Å². The number of nitrogens with zero attached hydrogens (tertiary/aromatic N) is 1. The van der Waals surface area contributed by atoms with E-state index in [9.17, 15) is 9.59 Å². The number of amides is 2. The fourth-order valence-electron chi connectivity index (χ4n) is 5.08. The van der Waals surface area contributed by atoms with Crippen molar-refractivity contribution < 1.29 is 19.1 Å². The zero-order valence-electron chi connectivity index (χ0n) is 26.5. The Morgan fingerprint density at radius 2 is 1.10 bits per heavy atom. The third-order valence-electron chi connectivity index (χ3n) is 7.11. The monoisotopic (exact) mass is 553 g/mol. The molecule has 230 valence electrons. The van der Waals surface area contributed by atoms with Crippen molar-refractivity contribution in [2.24, 2.45) is 5.92 Å². The van der Waals surface area contributed by atoms with E-state index in [0.29, 0.717) is 26.1 Å². The quantitative estimate of drug-likeness (QED) is 0.266. The Balaban J connectivity index is 2.43. The van der Waals surface area contributed by atoms with Crippen LogP contribution in [0.3, 0.4) is 0 Å². The predicted octanol–water partition coefficient (Wildman–Crippen LogP) is 8.21. The molecule has 1 fully saturated rings. The normalized spacial score (nSPS) is 17.5. The zero-order valence-corrected chi connectivity index (χ0v) is 26.5. The van der Waals surface area contributed by atoms with Gasteiger partial charge < -0.3 is 25.0 Å². The zero-order chi connectivity index (χ0) is 29.0. The maximum Gasteiger partial charge on any atom is 0.410 e. The molecule has 0 aromatic carbocycles. The molecule has 0 unspecified atom stereocenters. The lowest BCUT2D eigenvalue weighted by Gasteiger charge is -2.28. The number of hydrogen-bond donors (Lipinski definition) is 2. The van der Waals surface area contributed by atoms with Crippen molar-refractivity contribution in [2.45, 2.75) is 155 Å². The molecule has 1 aliphatic rings. The lowest BCUT2D eigenvalue weighted by atomic mass is 9.94. The lowest BCUT2D eigenvalue weighted by Crippen LogP contribution is -2.40. The summed E-state index contributed by atoms with van der Waals surface area (Å²) in [5.74, 6) is 0.760. The molecule has 0 bridgehead atoms. The van der Waals surface area contributed by atoms with Gasteiger partial charge in [-0.15, -0.1) is 0 Å². The molecule has 0 aromatic heterocycles. The molecular formula is C32H63N3O4. The summed E-state index contributed by atoms with van der Waals surface area (Å²) in [6.07, 6.45) is 20.3. The van der Waals surface area contributed by atoms with Gasteiger partial charge in [0.05, 0.1) is 0 Å². The Morgan fingerprint density at radius 1 is 0.667 bits per heavy atom. The van der Waals surface area contributed by atoms with Crippen molar-refractivity contribution in [3.05, 3.63) is 0 Å². The van der Waals surface area contributed by atoms with Gasteiger partial charge in [0.2, 0.25) is 0 Å². The minimum Gasteiger partial charge on any atom is -0.444 e. The highest BCUT2D eigenvalue weighted by Gasteiger charge is 2.22. The highest BCUT2D eigenvalue weighted by atomic mass is 16.6. The lowest BCUT2D eigenvalue weighted by molar-refractivity contribution is 0.0246. The smallest absolute Gasteiger partial charge is 0.410 e. The summed E-state index contributed by atoms with van der Waals surface area (Å²) in [5.41, 5.74) is -1.06. The molecule has 0 saturated heterocycles. The Bertz CT molecular complexity index is 626. The van der Waals surface area contributed by atoms with Crippen molar-refractivity contribution >= 4 is 12.2 Å². The standard InChI is InChI=1S/C32H63N3O4/c1-31(2,3)38-29(36)34-24-20-26-35(30(37)39-32(4,5)6)25-19-23-33-27-28-21-17-15-13-11-9-7-8-10-12-14-16-18-22-28/h28,33H,7-27H2,1-6H3,(H,34,36). The van der Waals surface area contributed by atoms with E-state index in [4.69, 9.17) is 9.47 Å². The van der Waals surface area contributed by atoms with Gasteiger partial charge in [0.1, 0.15) is 11.2 Å². The van der Waals surface area contributed by atoms with Gasteiger partial charge in [-0.1, -0.05) is 77.0 Å². The van der Waals surface area contributed by atoms with Crippen molar-refractivity contribution in [3.63, 3.8) is 0 Å². The fourth-order valence-corrected chi connectivity index (χ4v) is 5.08. The van der Waals surface area contributed by atoms with Crippen molar-refractivity contribution in [2.75, 3.05) is 32.7 Å². The van der Waals surface area contributed by atoms with E-state index in [1.54, 1.807) is 4.90 Å². The highest BCUT2D eigenvalue weighted by Crippen LogP contribution is 2.20. The van der Waals surface area contributed by atoms with Crippen LogP contribution in [0.2, 0.25) is 0 Å². The maximum absolute atomic E-state index is 12.8. The van der Waals surface area contributed by atoms with Crippen LogP contribution in [0, 0.1) is 5.92 Å². The minimum absolute atomic E-state index is 0.290. The van der Waals surface area contributed by atoms with E-state index in [0.717, 1.165) is 25.4 Å². The van der Waals surface area contributed by atoms with Crippen LogP contribution in [0.1, 0.15) is 144 Å². The first-order chi connectivity index (χ1) is 18.5. The second-order valence-electron chi connectivity index (χ2n) is 13.5. The molecule has 0 spiro atoms. The molecule has 1 saturated carbocycles. The van der Waals surface area contributed by atoms with E-state index in [2.05, 4.69) is 10.6 Å². The summed E-state index contributed by atoms with van der Waals surface area (Å²) in [4.78, 5) is 26.5. The molecule has 7 nitrogen and oxygen atoms in total. The van der Waals surface area contributed by atoms with E-state index in [-0.39, 0.29) is 6.09 Å². The predicted molar refractivity (Wildman–Crippen MR) is 162 cm³/mol. The summed E-state index contributed by atoms with van der Waals surface area (Å²) in [7, 11) is 0. The van der Waals surface area contributed by atoms with Crippen LogP contribution in [0.25, 0.3) is 0 Å². The first-order valence-electron chi connectivity index (χ1n) is 16.1. The van der Waals surface area contributed by atoms with Crippen LogP contribution < -0.4 is 10.6 Å². The number of nitrogens with one attached hydrogen (secondary N) is 2. The van der Waals surface area contributed by atoms with Crippen molar-refractivity contribution in [1.82, 2.24) is 15.5 Å². The number of hydrogen-bond acceptors (Lipinski definition) is 5. The SMILES string of the molecule is CC(C)(C)OC(=O)NCCCN(CCCNCC1CCCCCCCCCCCCCC1)C(=O)OC(C)(C)C. The molecule has 2 N–H and O–H groups in total. The second-order valence-corrected chi connectivity index (χ2v) is 13.5. The third kappa shape index (κ3) is 21.9. The third-order valence-corrected chi connectivity index (χ3v) is 7.11. The van der Waals surface area contributed by atoms with Crippen LogP contribution in [-0.4, -0.2) is 61.0 Å². The Labute approximate surface area is 240 Å². The average Bonchev–Trinajstić information content (AvgIpc) is 2.83. The van der Waals surface area contributed by atoms with Crippen LogP contribution >= 0.6 is 0 Å². The molecule has 2 amide bonds. The Morgan fingerprint density at radius 3 is 1.56 bits per heavy atom. The average molecular weight is 554 g/mol. The molecular weight excluding hydrogens is 490 g/mol. The van der Waals surface area contributed by atoms with E-state index in [1.807, 2.05) is 41.5 Å². The van der Waals surface area contributed by atoms with Gasteiger partial charge in [0.25, 0.3) is 0 Å². The van der Waals surface area contributed by atoms with E-state index < -0.39 is 17.3 Å². The molecule has 0 atom stereocenters. The van der Waals surface area contributed by atoms with Gasteiger partial charge in [0.15, 0.2) is 0 Å². The van der Waals surface area contributed by atoms with Gasteiger partial charge in [-0.3, -0.25) is 0 Å². The molecule has 39 heavy (non-hydrogen) atoms.